The summed E-state index contributed by atoms with van der Waals surface area (Å²) in [6.45, 7) is 2.73. The van der Waals surface area contributed by atoms with Crippen LogP contribution in [-0.2, 0) is 4.79 Å². The van der Waals surface area contributed by atoms with Gasteiger partial charge in [0.05, 0.1) is 11.6 Å². The number of aliphatic carboxylic acids is 1. The lowest BCUT2D eigenvalue weighted by Crippen LogP contribution is -2.33. The van der Waals surface area contributed by atoms with E-state index in [4.69, 9.17) is 5.11 Å². The summed E-state index contributed by atoms with van der Waals surface area (Å²) in [6.07, 6.45) is 0.511. The number of hydrogen-bond donors (Lipinski definition) is 2. The van der Waals surface area contributed by atoms with Crippen molar-refractivity contribution in [3.63, 3.8) is 0 Å². The Hall–Kier alpha value is -2.56. The summed E-state index contributed by atoms with van der Waals surface area (Å²) in [7, 11) is 0. The molecule has 114 valence electrons. The Bertz CT molecular complexity index is 742. The second-order valence-corrected chi connectivity index (χ2v) is 5.73. The van der Waals surface area contributed by atoms with Gasteiger partial charge in [0.1, 0.15) is 0 Å². The first-order valence-corrected chi connectivity index (χ1v) is 7.33. The molecule has 0 radical (unpaired) electrons. The van der Waals surface area contributed by atoms with Crippen LogP contribution in [0.4, 0.5) is 10.5 Å². The van der Waals surface area contributed by atoms with E-state index in [1.54, 1.807) is 4.90 Å². The van der Waals surface area contributed by atoms with Crippen LogP contribution in [0.3, 0.4) is 0 Å². The number of carboxylic acids is 1. The van der Waals surface area contributed by atoms with Gasteiger partial charge in [-0.15, -0.1) is 0 Å². The number of carboxylic acid groups (broad SMARTS) is 1. The van der Waals surface area contributed by atoms with E-state index in [1.807, 2.05) is 37.3 Å². The Morgan fingerprint density at radius 3 is 2.77 bits per heavy atom. The molecular weight excluding hydrogens is 280 g/mol. The Kier molecular flexibility index (Phi) is 3.71. The SMILES string of the molecule is Cc1cc(NC(=O)N2CCC(C(=O)O)C2)c2ccccc2c1. The molecule has 1 aliphatic heterocycles. The zero-order chi connectivity index (χ0) is 15.7. The molecule has 0 spiro atoms. The predicted octanol–water partition coefficient (Wildman–Crippen LogP) is 3.09. The Morgan fingerprint density at radius 1 is 1.27 bits per heavy atom. The predicted molar refractivity (Wildman–Crippen MR) is 85.0 cm³/mol. The molecule has 0 aromatic heterocycles. The number of carbonyl (C=O) groups excluding carboxylic acids is 1. The molecular formula is C17H18N2O3. The molecule has 3 rings (SSSR count). The first kappa shape index (κ1) is 14.4. The van der Waals surface area contributed by atoms with Crippen molar-refractivity contribution in [3.05, 3.63) is 42.0 Å². The van der Waals surface area contributed by atoms with Crippen molar-refractivity contribution in [1.82, 2.24) is 4.90 Å². The molecule has 22 heavy (non-hydrogen) atoms. The molecule has 1 atom stereocenters. The summed E-state index contributed by atoms with van der Waals surface area (Å²) < 4.78 is 0. The Morgan fingerprint density at radius 2 is 2.05 bits per heavy atom. The third-order valence-electron chi connectivity index (χ3n) is 4.07. The normalized spacial score (nSPS) is 17.7. The fraction of sp³-hybridized carbons (Fsp3) is 0.294. The number of nitrogens with one attached hydrogen (secondary N) is 1. The second kappa shape index (κ2) is 5.67. The van der Waals surface area contributed by atoms with Gasteiger partial charge >= 0.3 is 12.0 Å². The molecule has 5 nitrogen and oxygen atoms in total. The maximum absolute atomic E-state index is 12.4. The number of anilines is 1. The molecule has 0 bridgehead atoms. The highest BCUT2D eigenvalue weighted by Gasteiger charge is 2.30. The van der Waals surface area contributed by atoms with Crippen molar-refractivity contribution >= 4 is 28.5 Å². The van der Waals surface area contributed by atoms with E-state index >= 15 is 0 Å². The number of amides is 2. The van der Waals surface area contributed by atoms with Gasteiger partial charge in [-0.1, -0.05) is 30.3 Å². The maximum Gasteiger partial charge on any atom is 0.321 e. The molecule has 1 unspecified atom stereocenters. The minimum atomic E-state index is -0.837. The average molecular weight is 298 g/mol. The molecule has 1 aliphatic rings. The molecule has 2 N–H and O–H groups in total. The van der Waals surface area contributed by atoms with Crippen molar-refractivity contribution in [2.24, 2.45) is 5.92 Å². The van der Waals surface area contributed by atoms with Crippen LogP contribution in [0.5, 0.6) is 0 Å². The van der Waals surface area contributed by atoms with Gasteiger partial charge in [0.15, 0.2) is 0 Å². The molecule has 0 saturated carbocycles. The lowest BCUT2D eigenvalue weighted by molar-refractivity contribution is -0.141. The van der Waals surface area contributed by atoms with Gasteiger partial charge in [0, 0.05) is 18.5 Å². The van der Waals surface area contributed by atoms with Gasteiger partial charge < -0.3 is 15.3 Å². The number of benzene rings is 2. The van der Waals surface area contributed by atoms with Crippen molar-refractivity contribution in [1.29, 1.82) is 0 Å². The molecule has 2 aromatic rings. The second-order valence-electron chi connectivity index (χ2n) is 5.73. The first-order valence-electron chi connectivity index (χ1n) is 7.33. The van der Waals surface area contributed by atoms with E-state index in [9.17, 15) is 9.59 Å². The molecule has 2 aromatic carbocycles. The van der Waals surface area contributed by atoms with Crippen LogP contribution in [-0.4, -0.2) is 35.1 Å². The number of aryl methyl sites for hydroxylation is 1. The van der Waals surface area contributed by atoms with E-state index in [0.717, 1.165) is 22.0 Å². The van der Waals surface area contributed by atoms with Crippen LogP contribution in [0, 0.1) is 12.8 Å². The highest BCUT2D eigenvalue weighted by Crippen LogP contribution is 2.26. The molecule has 2 amide bonds. The van der Waals surface area contributed by atoms with Crippen molar-refractivity contribution in [3.8, 4) is 0 Å². The van der Waals surface area contributed by atoms with E-state index in [1.165, 1.54) is 0 Å². The van der Waals surface area contributed by atoms with Gasteiger partial charge in [-0.3, -0.25) is 4.79 Å². The van der Waals surface area contributed by atoms with Crippen molar-refractivity contribution in [2.75, 3.05) is 18.4 Å². The quantitative estimate of drug-likeness (QED) is 0.895. The van der Waals surface area contributed by atoms with Crippen molar-refractivity contribution < 1.29 is 14.7 Å². The fourth-order valence-electron chi connectivity index (χ4n) is 2.90. The third-order valence-corrected chi connectivity index (χ3v) is 4.07. The summed E-state index contributed by atoms with van der Waals surface area (Å²) in [4.78, 5) is 24.9. The Labute approximate surface area is 128 Å². The minimum absolute atomic E-state index is 0.237. The highest BCUT2D eigenvalue weighted by atomic mass is 16.4. The van der Waals surface area contributed by atoms with E-state index < -0.39 is 11.9 Å². The van der Waals surface area contributed by atoms with Crippen LogP contribution in [0.1, 0.15) is 12.0 Å². The highest BCUT2D eigenvalue weighted by molar-refractivity contribution is 6.02. The number of nitrogens with zero attached hydrogens (tertiary/aromatic N) is 1. The van der Waals surface area contributed by atoms with Gasteiger partial charge in [-0.25, -0.2) is 4.79 Å². The summed E-state index contributed by atoms with van der Waals surface area (Å²) >= 11 is 0. The molecule has 5 heteroatoms. The molecule has 1 fully saturated rings. The third kappa shape index (κ3) is 2.74. The van der Waals surface area contributed by atoms with Gasteiger partial charge in [-0.2, -0.15) is 0 Å². The summed E-state index contributed by atoms with van der Waals surface area (Å²) in [6, 6.07) is 11.6. The standard InChI is InChI=1S/C17H18N2O3/c1-11-8-12-4-2-3-5-14(12)15(9-11)18-17(22)19-7-6-13(10-19)16(20)21/h2-5,8-9,13H,6-7,10H2,1H3,(H,18,22)(H,20,21). The topological polar surface area (TPSA) is 69.6 Å². The molecule has 1 heterocycles. The summed E-state index contributed by atoms with van der Waals surface area (Å²) in [5, 5.41) is 14.0. The first-order chi connectivity index (χ1) is 10.5. The van der Waals surface area contributed by atoms with Crippen molar-refractivity contribution in [2.45, 2.75) is 13.3 Å². The number of urea groups is 1. The summed E-state index contributed by atoms with van der Waals surface area (Å²) in [5.41, 5.74) is 1.83. The average Bonchev–Trinajstić information content (AvgIpc) is 2.97. The molecule has 0 aliphatic carbocycles. The van der Waals surface area contributed by atoms with Gasteiger partial charge in [0.25, 0.3) is 0 Å². The monoisotopic (exact) mass is 298 g/mol. The van der Waals surface area contributed by atoms with Gasteiger partial charge in [0.2, 0.25) is 0 Å². The number of carbonyl (C=O) groups is 2. The van der Waals surface area contributed by atoms with Crippen LogP contribution in [0.25, 0.3) is 10.8 Å². The van der Waals surface area contributed by atoms with Crippen LogP contribution in [0.2, 0.25) is 0 Å². The van der Waals surface area contributed by atoms with Crippen LogP contribution >= 0.6 is 0 Å². The van der Waals surface area contributed by atoms with Gasteiger partial charge in [-0.05, 0) is 30.4 Å². The van der Waals surface area contributed by atoms with Crippen LogP contribution in [0.15, 0.2) is 36.4 Å². The number of hydrogen-bond acceptors (Lipinski definition) is 2. The Balaban J connectivity index is 1.81. The number of rotatable bonds is 2. The smallest absolute Gasteiger partial charge is 0.321 e. The largest absolute Gasteiger partial charge is 0.481 e. The van der Waals surface area contributed by atoms with E-state index in [2.05, 4.69) is 11.4 Å². The minimum Gasteiger partial charge on any atom is -0.481 e. The van der Waals surface area contributed by atoms with E-state index in [-0.39, 0.29) is 12.6 Å². The molecule has 1 saturated heterocycles. The number of fused-ring (bicyclic) bond motifs is 1. The van der Waals surface area contributed by atoms with E-state index in [0.29, 0.717) is 13.0 Å². The van der Waals surface area contributed by atoms with Crippen LogP contribution < -0.4 is 5.32 Å². The summed E-state index contributed by atoms with van der Waals surface area (Å²) in [5.74, 6) is -1.30. The maximum atomic E-state index is 12.4. The lowest BCUT2D eigenvalue weighted by Gasteiger charge is -2.18. The zero-order valence-corrected chi connectivity index (χ0v) is 12.4. The zero-order valence-electron chi connectivity index (χ0n) is 12.4. The number of likely N-dealkylation sites (tertiary alicyclic amines) is 1. The lowest BCUT2D eigenvalue weighted by atomic mass is 10.1. The fourth-order valence-corrected chi connectivity index (χ4v) is 2.90.